The SMILES string of the molecule is Cc1c(NC(=O)c2cc3ccccc3o2)cnn1C1CCCC1. The summed E-state index contributed by atoms with van der Waals surface area (Å²) in [5.74, 6) is 0.0782. The summed E-state index contributed by atoms with van der Waals surface area (Å²) in [6, 6.07) is 9.83. The quantitative estimate of drug-likeness (QED) is 0.784. The number of rotatable bonds is 3. The molecule has 2 heterocycles. The first-order valence-corrected chi connectivity index (χ1v) is 8.06. The van der Waals surface area contributed by atoms with E-state index in [0.717, 1.165) is 22.4 Å². The van der Waals surface area contributed by atoms with Gasteiger partial charge in [0.25, 0.3) is 5.91 Å². The van der Waals surface area contributed by atoms with Crippen molar-refractivity contribution in [3.8, 4) is 0 Å². The molecule has 1 N–H and O–H groups in total. The number of hydrogen-bond donors (Lipinski definition) is 1. The Balaban J connectivity index is 1.56. The van der Waals surface area contributed by atoms with Crippen LogP contribution < -0.4 is 5.32 Å². The molecule has 1 fully saturated rings. The summed E-state index contributed by atoms with van der Waals surface area (Å²) < 4.78 is 7.65. The third kappa shape index (κ3) is 2.52. The molecule has 1 amide bonds. The highest BCUT2D eigenvalue weighted by Gasteiger charge is 2.21. The highest BCUT2D eigenvalue weighted by molar-refractivity contribution is 6.04. The van der Waals surface area contributed by atoms with Crippen LogP contribution in [0.1, 0.15) is 48.0 Å². The van der Waals surface area contributed by atoms with Crippen molar-refractivity contribution in [3.05, 3.63) is 48.0 Å². The van der Waals surface area contributed by atoms with E-state index in [4.69, 9.17) is 4.42 Å². The summed E-state index contributed by atoms with van der Waals surface area (Å²) in [7, 11) is 0. The Labute approximate surface area is 134 Å². The van der Waals surface area contributed by atoms with Gasteiger partial charge in [-0.15, -0.1) is 0 Å². The van der Waals surface area contributed by atoms with E-state index in [1.165, 1.54) is 25.7 Å². The number of nitrogens with one attached hydrogen (secondary N) is 1. The molecule has 2 aromatic heterocycles. The van der Waals surface area contributed by atoms with Crippen LogP contribution in [-0.2, 0) is 0 Å². The van der Waals surface area contributed by atoms with Gasteiger partial charge in [0.15, 0.2) is 5.76 Å². The molecule has 1 aliphatic carbocycles. The molecular weight excluding hydrogens is 290 g/mol. The van der Waals surface area contributed by atoms with Crippen molar-refractivity contribution in [2.45, 2.75) is 38.6 Å². The minimum Gasteiger partial charge on any atom is -0.451 e. The lowest BCUT2D eigenvalue weighted by Gasteiger charge is -2.12. The van der Waals surface area contributed by atoms with Crippen LogP contribution in [0.25, 0.3) is 11.0 Å². The number of hydrogen-bond acceptors (Lipinski definition) is 3. The first kappa shape index (κ1) is 14.1. The number of para-hydroxylation sites is 1. The number of furan rings is 1. The van der Waals surface area contributed by atoms with Gasteiger partial charge in [0.2, 0.25) is 0 Å². The normalized spacial score (nSPS) is 15.3. The third-order valence-corrected chi connectivity index (χ3v) is 4.61. The zero-order valence-electron chi connectivity index (χ0n) is 13.1. The maximum absolute atomic E-state index is 12.4. The lowest BCUT2D eigenvalue weighted by molar-refractivity contribution is 0.0998. The Hall–Kier alpha value is -2.56. The average Bonchev–Trinajstić information content (AvgIpc) is 3.27. The fraction of sp³-hybridized carbons (Fsp3) is 0.333. The number of anilines is 1. The molecule has 5 heteroatoms. The van der Waals surface area contributed by atoms with Gasteiger partial charge in [0, 0.05) is 5.39 Å². The van der Waals surface area contributed by atoms with E-state index in [1.54, 1.807) is 12.3 Å². The maximum Gasteiger partial charge on any atom is 0.291 e. The molecule has 118 valence electrons. The van der Waals surface area contributed by atoms with Crippen molar-refractivity contribution < 1.29 is 9.21 Å². The van der Waals surface area contributed by atoms with Crippen LogP contribution in [0.15, 0.2) is 40.9 Å². The molecule has 0 spiro atoms. The highest BCUT2D eigenvalue weighted by atomic mass is 16.3. The number of aromatic nitrogens is 2. The second-order valence-electron chi connectivity index (χ2n) is 6.13. The van der Waals surface area contributed by atoms with Crippen molar-refractivity contribution in [1.82, 2.24) is 9.78 Å². The zero-order valence-corrected chi connectivity index (χ0v) is 13.1. The minimum atomic E-state index is -0.240. The van der Waals surface area contributed by atoms with Gasteiger partial charge in [-0.05, 0) is 31.9 Å². The van der Waals surface area contributed by atoms with Gasteiger partial charge in [0.05, 0.1) is 23.6 Å². The lowest BCUT2D eigenvalue weighted by Crippen LogP contribution is -2.13. The van der Waals surface area contributed by atoms with Gasteiger partial charge in [0.1, 0.15) is 5.58 Å². The molecule has 0 radical (unpaired) electrons. The Morgan fingerprint density at radius 1 is 1.30 bits per heavy atom. The predicted octanol–water partition coefficient (Wildman–Crippen LogP) is 4.31. The van der Waals surface area contributed by atoms with E-state index < -0.39 is 0 Å². The average molecular weight is 309 g/mol. The topological polar surface area (TPSA) is 60.1 Å². The molecule has 23 heavy (non-hydrogen) atoms. The molecule has 1 aromatic carbocycles. The second-order valence-corrected chi connectivity index (χ2v) is 6.13. The summed E-state index contributed by atoms with van der Waals surface area (Å²) in [6.07, 6.45) is 6.57. The maximum atomic E-state index is 12.4. The van der Waals surface area contributed by atoms with Crippen molar-refractivity contribution in [2.75, 3.05) is 5.32 Å². The number of nitrogens with zero attached hydrogens (tertiary/aromatic N) is 2. The Morgan fingerprint density at radius 2 is 2.09 bits per heavy atom. The van der Waals surface area contributed by atoms with Gasteiger partial charge < -0.3 is 9.73 Å². The minimum absolute atomic E-state index is 0.240. The number of amides is 1. The van der Waals surface area contributed by atoms with Crippen LogP contribution in [0.4, 0.5) is 5.69 Å². The summed E-state index contributed by atoms with van der Waals surface area (Å²) in [6.45, 7) is 2.00. The molecule has 1 saturated carbocycles. The van der Waals surface area contributed by atoms with Crippen LogP contribution in [0.5, 0.6) is 0 Å². The number of carbonyl (C=O) groups is 1. The molecular formula is C18H19N3O2. The van der Waals surface area contributed by atoms with Crippen molar-refractivity contribution >= 4 is 22.6 Å². The van der Waals surface area contributed by atoms with Crippen LogP contribution in [0.3, 0.4) is 0 Å². The molecule has 4 rings (SSSR count). The lowest BCUT2D eigenvalue weighted by atomic mass is 10.2. The molecule has 0 bridgehead atoms. The molecule has 0 unspecified atom stereocenters. The molecule has 3 aromatic rings. The Kier molecular flexibility index (Phi) is 3.41. The van der Waals surface area contributed by atoms with Gasteiger partial charge in [-0.1, -0.05) is 31.0 Å². The Morgan fingerprint density at radius 3 is 2.87 bits per heavy atom. The predicted molar refractivity (Wildman–Crippen MR) is 88.6 cm³/mol. The van der Waals surface area contributed by atoms with Gasteiger partial charge >= 0.3 is 0 Å². The van der Waals surface area contributed by atoms with Crippen molar-refractivity contribution in [1.29, 1.82) is 0 Å². The van der Waals surface area contributed by atoms with Crippen LogP contribution in [-0.4, -0.2) is 15.7 Å². The van der Waals surface area contributed by atoms with Crippen LogP contribution in [0.2, 0.25) is 0 Å². The molecule has 1 aliphatic rings. The van der Waals surface area contributed by atoms with Crippen molar-refractivity contribution in [3.63, 3.8) is 0 Å². The van der Waals surface area contributed by atoms with Gasteiger partial charge in [-0.3, -0.25) is 9.48 Å². The fourth-order valence-electron chi connectivity index (χ4n) is 3.34. The highest BCUT2D eigenvalue weighted by Crippen LogP contribution is 2.31. The first-order chi connectivity index (χ1) is 11.2. The van der Waals surface area contributed by atoms with Crippen LogP contribution in [0, 0.1) is 6.92 Å². The largest absolute Gasteiger partial charge is 0.451 e. The van der Waals surface area contributed by atoms with E-state index in [9.17, 15) is 4.79 Å². The summed E-state index contributed by atoms with van der Waals surface area (Å²) in [5, 5.41) is 8.30. The fourth-order valence-corrected chi connectivity index (χ4v) is 3.34. The van der Waals surface area contributed by atoms with Crippen LogP contribution >= 0.6 is 0 Å². The standard InChI is InChI=1S/C18H19N3O2/c1-12-15(11-19-21(12)14-7-3-4-8-14)20-18(22)17-10-13-6-2-5-9-16(13)23-17/h2,5-6,9-11,14H,3-4,7-8H2,1H3,(H,20,22). The molecule has 0 aliphatic heterocycles. The smallest absolute Gasteiger partial charge is 0.291 e. The van der Waals surface area contributed by atoms with E-state index in [-0.39, 0.29) is 5.91 Å². The second kappa shape index (κ2) is 5.57. The van der Waals surface area contributed by atoms with E-state index in [1.807, 2.05) is 35.9 Å². The Bertz CT molecular complexity index is 823. The monoisotopic (exact) mass is 309 g/mol. The molecule has 5 nitrogen and oxygen atoms in total. The number of carbonyl (C=O) groups excluding carboxylic acids is 1. The van der Waals surface area contributed by atoms with E-state index in [0.29, 0.717) is 11.8 Å². The third-order valence-electron chi connectivity index (χ3n) is 4.61. The van der Waals surface area contributed by atoms with E-state index >= 15 is 0 Å². The van der Waals surface area contributed by atoms with E-state index in [2.05, 4.69) is 10.4 Å². The number of fused-ring (bicyclic) bond motifs is 1. The van der Waals surface area contributed by atoms with Gasteiger partial charge in [-0.2, -0.15) is 5.10 Å². The number of benzene rings is 1. The van der Waals surface area contributed by atoms with Gasteiger partial charge in [-0.25, -0.2) is 0 Å². The summed E-state index contributed by atoms with van der Waals surface area (Å²) >= 11 is 0. The first-order valence-electron chi connectivity index (χ1n) is 8.06. The van der Waals surface area contributed by atoms with Crippen molar-refractivity contribution in [2.24, 2.45) is 0 Å². The molecule has 0 atom stereocenters. The summed E-state index contributed by atoms with van der Waals surface area (Å²) in [4.78, 5) is 12.4. The zero-order chi connectivity index (χ0) is 15.8. The molecule has 0 saturated heterocycles. The summed E-state index contributed by atoms with van der Waals surface area (Å²) in [5.41, 5.74) is 2.47.